The molecule has 0 bridgehead atoms. The minimum absolute atomic E-state index is 0. The first kappa shape index (κ1) is 20.3. The summed E-state index contributed by atoms with van der Waals surface area (Å²) >= 11 is 0. The van der Waals surface area contributed by atoms with Gasteiger partial charge in [0.1, 0.15) is 5.82 Å². The molecule has 2 aliphatic rings. The van der Waals surface area contributed by atoms with E-state index in [1.165, 1.54) is 19.3 Å². The summed E-state index contributed by atoms with van der Waals surface area (Å²) in [6, 6.07) is 7.94. The highest BCUT2D eigenvalue weighted by atomic mass is 127. The number of aliphatic imine (C=N–C) groups is 1. The van der Waals surface area contributed by atoms with Crippen LogP contribution in [0.15, 0.2) is 29.4 Å². The maximum Gasteiger partial charge on any atom is 0.191 e. The lowest BCUT2D eigenvalue weighted by atomic mass is 10.2. The number of aromatic nitrogens is 3. The van der Waals surface area contributed by atoms with Crippen molar-refractivity contribution in [2.75, 3.05) is 19.6 Å². The molecular formula is C19H30IN7. The topological polar surface area (TPSA) is 69.8 Å². The Labute approximate surface area is 178 Å². The van der Waals surface area contributed by atoms with Gasteiger partial charge in [-0.3, -0.25) is 14.3 Å². The van der Waals surface area contributed by atoms with Crippen LogP contribution in [0.1, 0.15) is 38.9 Å². The van der Waals surface area contributed by atoms with Gasteiger partial charge in [-0.05, 0) is 45.2 Å². The average molecular weight is 483 g/mol. The Morgan fingerprint density at radius 2 is 2.15 bits per heavy atom. The van der Waals surface area contributed by atoms with Crippen LogP contribution in [0.4, 0.5) is 0 Å². The molecule has 2 aromatic rings. The molecule has 0 radical (unpaired) electrons. The van der Waals surface area contributed by atoms with Crippen LogP contribution in [0.25, 0.3) is 5.65 Å². The number of fused-ring (bicyclic) bond motifs is 1. The highest BCUT2D eigenvalue weighted by Gasteiger charge is 2.38. The Morgan fingerprint density at radius 3 is 2.93 bits per heavy atom. The summed E-state index contributed by atoms with van der Waals surface area (Å²) in [7, 11) is 0. The fourth-order valence-corrected chi connectivity index (χ4v) is 3.92. The summed E-state index contributed by atoms with van der Waals surface area (Å²) < 4.78 is 2.03. The monoisotopic (exact) mass is 483 g/mol. The van der Waals surface area contributed by atoms with Crippen LogP contribution in [0.5, 0.6) is 0 Å². The molecule has 0 spiro atoms. The van der Waals surface area contributed by atoms with Crippen molar-refractivity contribution < 1.29 is 0 Å². The van der Waals surface area contributed by atoms with Crippen molar-refractivity contribution in [1.29, 1.82) is 0 Å². The standard InChI is InChI=1S/C19H29N7.HI/c1-3-20-19(22-15-12-14(2)26(13-15)16-7-8-16)21-10-9-18-24-23-17-6-4-5-11-25(17)18;/h4-6,11,14-16H,3,7-10,12-13H2,1-2H3,(H2,20,21,22);1H. The quantitative estimate of drug-likeness (QED) is 0.374. The van der Waals surface area contributed by atoms with Crippen LogP contribution < -0.4 is 10.6 Å². The van der Waals surface area contributed by atoms with Gasteiger partial charge in [0.2, 0.25) is 0 Å². The molecule has 2 N–H and O–H groups in total. The fraction of sp³-hybridized carbons (Fsp3) is 0.632. The molecule has 2 aromatic heterocycles. The van der Waals surface area contributed by atoms with Gasteiger partial charge in [-0.2, -0.15) is 0 Å². The first-order chi connectivity index (χ1) is 12.7. The second-order valence-corrected chi connectivity index (χ2v) is 7.41. The van der Waals surface area contributed by atoms with Crippen molar-refractivity contribution in [2.45, 2.75) is 57.7 Å². The Morgan fingerprint density at radius 1 is 1.30 bits per heavy atom. The predicted octanol–water partition coefficient (Wildman–Crippen LogP) is 2.07. The zero-order chi connectivity index (χ0) is 17.9. The number of nitrogens with zero attached hydrogens (tertiary/aromatic N) is 5. The molecule has 4 rings (SSSR count). The summed E-state index contributed by atoms with van der Waals surface area (Å²) in [5, 5.41) is 15.5. The van der Waals surface area contributed by atoms with E-state index in [4.69, 9.17) is 4.99 Å². The molecular weight excluding hydrogens is 453 g/mol. The smallest absolute Gasteiger partial charge is 0.191 e. The largest absolute Gasteiger partial charge is 0.357 e. The third kappa shape index (κ3) is 4.90. The number of guanidine groups is 1. The molecule has 8 heteroatoms. The molecule has 7 nitrogen and oxygen atoms in total. The maximum atomic E-state index is 4.76. The van der Waals surface area contributed by atoms with Gasteiger partial charge in [-0.1, -0.05) is 6.07 Å². The zero-order valence-corrected chi connectivity index (χ0v) is 18.5. The molecule has 1 saturated heterocycles. The molecule has 1 aliphatic carbocycles. The molecule has 2 unspecified atom stereocenters. The lowest BCUT2D eigenvalue weighted by Crippen LogP contribution is -2.44. The van der Waals surface area contributed by atoms with Crippen LogP contribution in [-0.2, 0) is 6.42 Å². The van der Waals surface area contributed by atoms with Crippen molar-refractivity contribution in [2.24, 2.45) is 4.99 Å². The van der Waals surface area contributed by atoms with E-state index in [9.17, 15) is 0 Å². The summed E-state index contributed by atoms with van der Waals surface area (Å²) in [5.74, 6) is 1.87. The Bertz CT molecular complexity index is 770. The van der Waals surface area contributed by atoms with E-state index in [0.29, 0.717) is 18.6 Å². The number of hydrogen-bond donors (Lipinski definition) is 2. The van der Waals surface area contributed by atoms with Crippen LogP contribution in [0, 0.1) is 0 Å². The third-order valence-electron chi connectivity index (χ3n) is 5.31. The molecule has 2 atom stereocenters. The summed E-state index contributed by atoms with van der Waals surface area (Å²) in [6.07, 6.45) is 6.71. The van der Waals surface area contributed by atoms with Crippen molar-refractivity contribution in [3.63, 3.8) is 0 Å². The number of pyridine rings is 1. The second kappa shape index (κ2) is 9.18. The first-order valence-corrected chi connectivity index (χ1v) is 9.84. The van der Waals surface area contributed by atoms with E-state index in [1.807, 2.05) is 28.8 Å². The van der Waals surface area contributed by atoms with E-state index in [-0.39, 0.29) is 24.0 Å². The lowest BCUT2D eigenvalue weighted by molar-refractivity contribution is 0.256. The summed E-state index contributed by atoms with van der Waals surface area (Å²) in [6.45, 7) is 7.15. The van der Waals surface area contributed by atoms with Gasteiger partial charge in [0.25, 0.3) is 0 Å². The van der Waals surface area contributed by atoms with Gasteiger partial charge in [-0.25, -0.2) is 0 Å². The molecule has 2 fully saturated rings. The van der Waals surface area contributed by atoms with Crippen molar-refractivity contribution in [1.82, 2.24) is 30.1 Å². The highest BCUT2D eigenvalue weighted by Crippen LogP contribution is 2.33. The van der Waals surface area contributed by atoms with Gasteiger partial charge >= 0.3 is 0 Å². The molecule has 148 valence electrons. The Kier molecular flexibility index (Phi) is 6.91. The van der Waals surface area contributed by atoms with E-state index >= 15 is 0 Å². The van der Waals surface area contributed by atoms with Crippen molar-refractivity contribution in [3.8, 4) is 0 Å². The summed E-state index contributed by atoms with van der Waals surface area (Å²) in [4.78, 5) is 7.42. The second-order valence-electron chi connectivity index (χ2n) is 7.41. The van der Waals surface area contributed by atoms with Gasteiger partial charge in [-0.15, -0.1) is 34.2 Å². The summed E-state index contributed by atoms with van der Waals surface area (Å²) in [5.41, 5.74) is 0.886. The van der Waals surface area contributed by atoms with Gasteiger partial charge in [0.05, 0.1) is 0 Å². The molecule has 1 aliphatic heterocycles. The highest BCUT2D eigenvalue weighted by molar-refractivity contribution is 14.0. The SMILES string of the molecule is CCNC(=NCCc1nnc2ccccn12)NC1CC(C)N(C2CC2)C1.I. The number of halogens is 1. The van der Waals surface area contributed by atoms with E-state index < -0.39 is 0 Å². The van der Waals surface area contributed by atoms with Crippen LogP contribution in [-0.4, -0.2) is 63.2 Å². The van der Waals surface area contributed by atoms with Crippen LogP contribution in [0.3, 0.4) is 0 Å². The number of hydrogen-bond acceptors (Lipinski definition) is 4. The maximum absolute atomic E-state index is 4.76. The normalized spacial score (nSPS) is 23.4. The number of nitrogens with one attached hydrogen (secondary N) is 2. The molecule has 27 heavy (non-hydrogen) atoms. The Hall–Kier alpha value is -1.42. The first-order valence-electron chi connectivity index (χ1n) is 9.84. The predicted molar refractivity (Wildman–Crippen MR) is 119 cm³/mol. The fourth-order valence-electron chi connectivity index (χ4n) is 3.92. The van der Waals surface area contributed by atoms with Gasteiger partial charge < -0.3 is 10.6 Å². The number of likely N-dealkylation sites (tertiary alicyclic amines) is 1. The molecule has 0 aromatic carbocycles. The van der Waals surface area contributed by atoms with E-state index in [1.54, 1.807) is 0 Å². The third-order valence-corrected chi connectivity index (χ3v) is 5.31. The molecule has 1 saturated carbocycles. The molecule has 0 amide bonds. The lowest BCUT2D eigenvalue weighted by Gasteiger charge is -2.20. The minimum Gasteiger partial charge on any atom is -0.357 e. The van der Waals surface area contributed by atoms with Crippen molar-refractivity contribution in [3.05, 3.63) is 30.2 Å². The minimum atomic E-state index is 0. The Balaban J connectivity index is 0.00000210. The van der Waals surface area contributed by atoms with E-state index in [0.717, 1.165) is 43.0 Å². The van der Waals surface area contributed by atoms with E-state index in [2.05, 4.69) is 39.6 Å². The molecule has 3 heterocycles. The van der Waals surface area contributed by atoms with Gasteiger partial charge in [0, 0.05) is 50.4 Å². The average Bonchev–Trinajstić information content (AvgIpc) is 3.30. The number of rotatable bonds is 6. The zero-order valence-electron chi connectivity index (χ0n) is 16.1. The van der Waals surface area contributed by atoms with Crippen LogP contribution in [0.2, 0.25) is 0 Å². The van der Waals surface area contributed by atoms with Crippen LogP contribution >= 0.6 is 24.0 Å². The van der Waals surface area contributed by atoms with Crippen molar-refractivity contribution >= 4 is 35.6 Å². The van der Waals surface area contributed by atoms with Gasteiger partial charge in [0.15, 0.2) is 11.6 Å².